The van der Waals surface area contributed by atoms with Crippen LogP contribution in [-0.4, -0.2) is 19.9 Å². The molecule has 8 bridgehead atoms. The van der Waals surface area contributed by atoms with Crippen LogP contribution in [0.3, 0.4) is 0 Å². The van der Waals surface area contributed by atoms with Crippen LogP contribution in [0.4, 0.5) is 0 Å². The highest BCUT2D eigenvalue weighted by atomic mass is 14.8. The van der Waals surface area contributed by atoms with Gasteiger partial charge in [-0.2, -0.15) is 0 Å². The van der Waals surface area contributed by atoms with Crippen molar-refractivity contribution in [1.29, 1.82) is 0 Å². The highest BCUT2D eigenvalue weighted by molar-refractivity contribution is 6.04. The number of nitrogens with zero attached hydrogens (tertiary/aromatic N) is 2. The summed E-state index contributed by atoms with van der Waals surface area (Å²) in [6, 6.07) is 59.6. The monoisotopic (exact) mass is 730 g/mol. The molecule has 2 N–H and O–H groups in total. The van der Waals surface area contributed by atoms with Gasteiger partial charge in [-0.05, 0) is 77.2 Å². The summed E-state index contributed by atoms with van der Waals surface area (Å²) in [6.45, 7) is 2.12. The summed E-state index contributed by atoms with van der Waals surface area (Å²) in [7, 11) is 0. The van der Waals surface area contributed by atoms with Gasteiger partial charge in [-0.3, -0.25) is 0 Å². The molecule has 57 heavy (non-hydrogen) atoms. The van der Waals surface area contributed by atoms with E-state index in [2.05, 4.69) is 217 Å². The Bertz CT molecular complexity index is 3020. The number of aryl methyl sites for hydroxylation is 1. The van der Waals surface area contributed by atoms with E-state index >= 15 is 0 Å². The van der Waals surface area contributed by atoms with Crippen LogP contribution in [0, 0.1) is 6.92 Å². The third-order valence-corrected chi connectivity index (χ3v) is 10.7. The van der Waals surface area contributed by atoms with E-state index in [4.69, 9.17) is 9.97 Å². The van der Waals surface area contributed by atoms with Gasteiger partial charge in [-0.15, -0.1) is 0 Å². The van der Waals surface area contributed by atoms with E-state index in [1.54, 1.807) is 0 Å². The Morgan fingerprint density at radius 3 is 1.25 bits per heavy atom. The lowest BCUT2D eigenvalue weighted by molar-refractivity contribution is 1.31. The smallest absolute Gasteiger partial charge is 0.0809 e. The molecule has 0 unspecified atom stereocenters. The molecule has 4 heteroatoms. The zero-order valence-corrected chi connectivity index (χ0v) is 31.4. The number of rotatable bonds is 6. The predicted octanol–water partition coefficient (Wildman–Crippen LogP) is 13.7. The van der Waals surface area contributed by atoms with Crippen molar-refractivity contribution in [3.05, 3.63) is 210 Å². The molecule has 5 heterocycles. The maximum Gasteiger partial charge on any atom is 0.0809 e. The van der Waals surface area contributed by atoms with Crippen molar-refractivity contribution < 1.29 is 0 Å². The van der Waals surface area contributed by atoms with Crippen molar-refractivity contribution in [3.63, 3.8) is 0 Å². The molecule has 10 rings (SSSR count). The summed E-state index contributed by atoms with van der Waals surface area (Å²) >= 11 is 0. The minimum Gasteiger partial charge on any atom is -0.354 e. The minimum atomic E-state index is 0.881. The molecule has 3 aromatic heterocycles. The number of hydrogen-bond acceptors (Lipinski definition) is 2. The third-order valence-electron chi connectivity index (χ3n) is 10.7. The first kappa shape index (κ1) is 34.0. The fourth-order valence-corrected chi connectivity index (χ4v) is 7.93. The van der Waals surface area contributed by atoms with Gasteiger partial charge < -0.3 is 9.97 Å². The Labute approximate surface area is 331 Å². The van der Waals surface area contributed by atoms with Crippen molar-refractivity contribution in [2.75, 3.05) is 0 Å². The molecule has 8 aromatic rings. The van der Waals surface area contributed by atoms with Gasteiger partial charge in [0.05, 0.1) is 22.8 Å². The average molecular weight is 731 g/mol. The van der Waals surface area contributed by atoms with Gasteiger partial charge in [-0.25, -0.2) is 9.97 Å². The molecule has 0 saturated heterocycles. The van der Waals surface area contributed by atoms with Crippen LogP contribution < -0.4 is 0 Å². The first-order chi connectivity index (χ1) is 28.2. The number of nitrogens with one attached hydrogen (secondary N) is 2. The number of benzene rings is 5. The van der Waals surface area contributed by atoms with Gasteiger partial charge in [0.25, 0.3) is 0 Å². The van der Waals surface area contributed by atoms with Crippen molar-refractivity contribution in [1.82, 2.24) is 19.9 Å². The van der Waals surface area contributed by atoms with Gasteiger partial charge in [0.2, 0.25) is 0 Å². The van der Waals surface area contributed by atoms with Gasteiger partial charge in [0.15, 0.2) is 0 Å². The normalized spacial score (nSPS) is 12.3. The van der Waals surface area contributed by atoms with Crippen LogP contribution in [0.1, 0.15) is 33.9 Å². The van der Waals surface area contributed by atoms with E-state index in [1.165, 1.54) is 5.56 Å². The maximum absolute atomic E-state index is 5.62. The second-order valence-corrected chi connectivity index (χ2v) is 14.4. The van der Waals surface area contributed by atoms with Crippen LogP contribution in [0.25, 0.3) is 96.5 Å². The topological polar surface area (TPSA) is 57.4 Å². The summed E-state index contributed by atoms with van der Waals surface area (Å²) in [6.07, 6.45) is 10.9. The molecule has 0 fully saturated rings. The summed E-state index contributed by atoms with van der Waals surface area (Å²) in [4.78, 5) is 18.8. The van der Waals surface area contributed by atoms with E-state index < -0.39 is 0 Å². The summed E-state index contributed by atoms with van der Waals surface area (Å²) < 4.78 is 0. The number of aromatic nitrogens is 4. The zero-order valence-electron chi connectivity index (χ0n) is 31.4. The molecule has 270 valence electrons. The minimum absolute atomic E-state index is 0.881. The molecule has 0 saturated carbocycles. The first-order valence-corrected chi connectivity index (χ1v) is 19.3. The quantitative estimate of drug-likeness (QED) is 0.179. The summed E-state index contributed by atoms with van der Waals surface area (Å²) in [5.74, 6) is 0. The number of fused-ring (bicyclic) bond motifs is 8. The van der Waals surface area contributed by atoms with E-state index in [1.807, 2.05) is 0 Å². The lowest BCUT2D eigenvalue weighted by atomic mass is 9.98. The second-order valence-electron chi connectivity index (χ2n) is 14.4. The van der Waals surface area contributed by atoms with E-state index in [0.29, 0.717) is 0 Å². The fraction of sp³-hybridized carbons (Fsp3) is 0.0189. The van der Waals surface area contributed by atoms with Crippen LogP contribution in [0.2, 0.25) is 0 Å². The number of aromatic amines is 2. The van der Waals surface area contributed by atoms with Crippen LogP contribution >= 0.6 is 0 Å². The van der Waals surface area contributed by atoms with Crippen molar-refractivity contribution >= 4 is 51.9 Å². The average Bonchev–Trinajstić information content (AvgIpc) is 4.10. The Morgan fingerprint density at radius 1 is 0.386 bits per heavy atom. The van der Waals surface area contributed by atoms with Crippen LogP contribution in [0.5, 0.6) is 0 Å². The lowest BCUT2D eigenvalue weighted by Crippen LogP contribution is -1.90. The molecule has 0 radical (unpaired) electrons. The van der Waals surface area contributed by atoms with E-state index in [9.17, 15) is 0 Å². The SMILES string of the molecule is Cc1ccc(/C=C\C2=Cc3nc2c(-c2ccccc2)c2ccc([nH]2)c(-c2ccccc2)c2nc(c(-c4ccccc4)c4ccc([nH]4)c3-c3ccccc3)C=C2)cc1. The lowest BCUT2D eigenvalue weighted by Gasteiger charge is -2.08. The number of allylic oxidation sites excluding steroid dienone is 2. The van der Waals surface area contributed by atoms with Crippen LogP contribution in [-0.2, 0) is 0 Å². The third kappa shape index (κ3) is 6.53. The first-order valence-electron chi connectivity index (χ1n) is 19.3. The molecular weight excluding hydrogens is 693 g/mol. The Morgan fingerprint density at radius 2 is 0.789 bits per heavy atom. The molecule has 2 aliphatic rings. The fourth-order valence-electron chi connectivity index (χ4n) is 7.93. The van der Waals surface area contributed by atoms with Crippen molar-refractivity contribution in [2.45, 2.75) is 6.92 Å². The van der Waals surface area contributed by atoms with Gasteiger partial charge in [-0.1, -0.05) is 163 Å². The zero-order chi connectivity index (χ0) is 38.1. The second kappa shape index (κ2) is 14.6. The highest BCUT2D eigenvalue weighted by Gasteiger charge is 2.21. The molecule has 5 aromatic carbocycles. The summed E-state index contributed by atoms with van der Waals surface area (Å²) in [5, 5.41) is 0. The summed E-state index contributed by atoms with van der Waals surface area (Å²) in [5.41, 5.74) is 19.3. The Hall–Kier alpha value is -7.56. The van der Waals surface area contributed by atoms with Gasteiger partial charge >= 0.3 is 0 Å². The van der Waals surface area contributed by atoms with E-state index in [-0.39, 0.29) is 0 Å². The molecule has 4 nitrogen and oxygen atoms in total. The molecule has 0 atom stereocenters. The van der Waals surface area contributed by atoms with E-state index in [0.717, 1.165) is 100 Å². The molecule has 2 aliphatic heterocycles. The Balaban J connectivity index is 1.39. The molecule has 0 amide bonds. The largest absolute Gasteiger partial charge is 0.354 e. The molecular formula is C53H38N4. The predicted molar refractivity (Wildman–Crippen MR) is 240 cm³/mol. The maximum atomic E-state index is 5.62. The van der Waals surface area contributed by atoms with Crippen LogP contribution in [0.15, 0.2) is 176 Å². The van der Waals surface area contributed by atoms with Crippen molar-refractivity contribution in [3.8, 4) is 44.5 Å². The van der Waals surface area contributed by atoms with Crippen molar-refractivity contribution in [2.24, 2.45) is 0 Å². The number of H-pyrrole nitrogens is 2. The molecule has 0 spiro atoms. The standard InChI is InChI=1S/C53H38N4/c1-35-22-24-36(25-23-35)26-27-41-34-48-51(39-18-10-4-11-19-39)46-31-30-44(55-46)49(37-14-6-2-7-15-37)42-28-29-43(54-42)50(38-16-8-3-9-17-38)45-32-33-47(56-45)52(53(41)57-48)40-20-12-5-13-21-40/h2-34,55-56H,1H3/b27-26-,49-42?,49-44?,50-43?,50-45?,51-46?,51-48?,52-47?,53-52?. The number of hydrogen-bond donors (Lipinski definition) is 2. The van der Waals surface area contributed by atoms with Gasteiger partial charge in [0.1, 0.15) is 0 Å². The molecule has 0 aliphatic carbocycles. The Kier molecular flexibility index (Phi) is 8.69. The highest BCUT2D eigenvalue weighted by Crippen LogP contribution is 2.40. The van der Waals surface area contributed by atoms with Gasteiger partial charge in [0, 0.05) is 49.9 Å².